The molecule has 0 bridgehead atoms. The van der Waals surface area contributed by atoms with E-state index < -0.39 is 17.4 Å². The second kappa shape index (κ2) is 4.61. The smallest absolute Gasteiger partial charge is 0.331 e. The fourth-order valence-corrected chi connectivity index (χ4v) is 1.84. The number of methoxy groups -OCH3 is 1. The molecule has 0 aromatic rings. The normalized spacial score (nSPS) is 23.4. The third-order valence-corrected chi connectivity index (χ3v) is 2.45. The van der Waals surface area contributed by atoms with E-state index in [9.17, 15) is 9.59 Å². The van der Waals surface area contributed by atoms with Crippen molar-refractivity contribution in [2.75, 3.05) is 20.7 Å². The van der Waals surface area contributed by atoms with Crippen LogP contribution in [0.25, 0.3) is 0 Å². The van der Waals surface area contributed by atoms with Crippen LogP contribution in [0.4, 0.5) is 4.79 Å². The molecule has 1 unspecified atom stereocenters. The molecule has 0 aromatic heterocycles. The molecule has 1 rings (SSSR count). The van der Waals surface area contributed by atoms with Gasteiger partial charge in [-0.15, -0.1) is 0 Å². The van der Waals surface area contributed by atoms with Gasteiger partial charge >= 0.3 is 11.3 Å². The molecule has 1 aliphatic heterocycles. The predicted molar refractivity (Wildman–Crippen MR) is 50.8 cm³/mol. The van der Waals surface area contributed by atoms with Crippen LogP contribution in [-0.4, -0.2) is 48.1 Å². The number of carbonyl (C=O) groups is 2. The number of esters is 1. The van der Waals surface area contributed by atoms with E-state index in [1.165, 1.54) is 12.1 Å². The lowest BCUT2D eigenvalue weighted by molar-refractivity contribution is -0.154. The van der Waals surface area contributed by atoms with Gasteiger partial charge in [-0.2, -0.15) is 0 Å². The molecule has 14 heavy (non-hydrogen) atoms. The topological polar surface area (TPSA) is 49.9 Å². The van der Waals surface area contributed by atoms with Crippen molar-refractivity contribution >= 4 is 22.9 Å². The zero-order chi connectivity index (χ0) is 10.7. The van der Waals surface area contributed by atoms with Crippen LogP contribution in [-0.2, 0) is 9.53 Å². The van der Waals surface area contributed by atoms with E-state index in [1.807, 2.05) is 0 Å². The van der Waals surface area contributed by atoms with Gasteiger partial charge in [0.1, 0.15) is 6.04 Å². The quantitative estimate of drug-likeness (QED) is 0.373. The van der Waals surface area contributed by atoms with E-state index >= 15 is 0 Å². The van der Waals surface area contributed by atoms with Crippen LogP contribution in [0.2, 0.25) is 0 Å². The fourth-order valence-electron chi connectivity index (χ4n) is 1.59. The number of hydrazine groups is 1. The van der Waals surface area contributed by atoms with E-state index in [0.717, 1.165) is 6.42 Å². The third kappa shape index (κ3) is 2.16. The van der Waals surface area contributed by atoms with Gasteiger partial charge < -0.3 is 4.74 Å². The number of halogens is 1. The monoisotopic (exact) mass is 220 g/mol. The van der Waals surface area contributed by atoms with E-state index in [0.29, 0.717) is 13.0 Å². The van der Waals surface area contributed by atoms with Crippen molar-refractivity contribution in [3.63, 3.8) is 0 Å². The maximum Gasteiger partial charge on any atom is 0.331 e. The summed E-state index contributed by atoms with van der Waals surface area (Å²) in [6.45, 7) is 0.714. The molecule has 1 amide bonds. The Labute approximate surface area is 87.5 Å². The average Bonchev–Trinajstić information content (AvgIpc) is 2.15. The van der Waals surface area contributed by atoms with E-state index in [2.05, 4.69) is 4.74 Å². The Hall–Kier alpha value is -0.810. The van der Waals surface area contributed by atoms with Crippen LogP contribution in [0.5, 0.6) is 0 Å². The maximum absolute atomic E-state index is 11.3. The van der Waals surface area contributed by atoms with Gasteiger partial charge in [0.25, 0.3) is 0 Å². The number of amides is 1. The zero-order valence-electron chi connectivity index (χ0n) is 8.20. The number of carbonyl (C=O) groups excluding carboxylic acids is 2. The van der Waals surface area contributed by atoms with Gasteiger partial charge in [0.15, 0.2) is 0 Å². The summed E-state index contributed by atoms with van der Waals surface area (Å²) in [6, 6.07) is -0.580. The minimum Gasteiger partial charge on any atom is -0.467 e. The van der Waals surface area contributed by atoms with Gasteiger partial charge in [0.05, 0.1) is 7.11 Å². The Morgan fingerprint density at radius 1 is 1.50 bits per heavy atom. The lowest BCUT2D eigenvalue weighted by atomic mass is 10.1. The molecule has 1 heterocycles. The summed E-state index contributed by atoms with van der Waals surface area (Å²) in [7, 11) is 3.02. The van der Waals surface area contributed by atoms with Crippen molar-refractivity contribution in [3.8, 4) is 0 Å². The van der Waals surface area contributed by atoms with Crippen LogP contribution < -0.4 is 0 Å². The third-order valence-electron chi connectivity index (χ3n) is 2.28. The highest BCUT2D eigenvalue weighted by Gasteiger charge is 2.35. The standard InChI is InChI=1S/C8H13ClN2O3/c1-10-5-3-4-6(7(12)14-2)11(10)8(9)13/h6H,3-5H2,1-2H3. The molecule has 1 aliphatic rings. The largest absolute Gasteiger partial charge is 0.467 e. The first-order valence-electron chi connectivity index (χ1n) is 4.35. The highest BCUT2D eigenvalue weighted by Crippen LogP contribution is 2.19. The van der Waals surface area contributed by atoms with Gasteiger partial charge in [-0.25, -0.2) is 14.8 Å². The van der Waals surface area contributed by atoms with Crippen molar-refractivity contribution in [1.82, 2.24) is 10.0 Å². The molecule has 1 saturated heterocycles. The van der Waals surface area contributed by atoms with Crippen LogP contribution in [0.1, 0.15) is 12.8 Å². The van der Waals surface area contributed by atoms with E-state index in [1.54, 1.807) is 12.1 Å². The second-order valence-corrected chi connectivity index (χ2v) is 3.48. The number of nitrogens with zero attached hydrogens (tertiary/aromatic N) is 2. The van der Waals surface area contributed by atoms with Crippen molar-refractivity contribution in [2.24, 2.45) is 0 Å². The molecule has 0 saturated carbocycles. The van der Waals surface area contributed by atoms with Crippen molar-refractivity contribution in [3.05, 3.63) is 0 Å². The summed E-state index contributed by atoms with van der Waals surface area (Å²) in [5, 5.41) is 2.22. The van der Waals surface area contributed by atoms with Crippen molar-refractivity contribution < 1.29 is 14.3 Å². The predicted octanol–water partition coefficient (Wildman–Crippen LogP) is 0.829. The molecule has 5 nitrogen and oxygen atoms in total. The summed E-state index contributed by atoms with van der Waals surface area (Å²) in [6.07, 6.45) is 1.44. The first kappa shape index (κ1) is 11.3. The number of hydrogen-bond donors (Lipinski definition) is 0. The molecule has 0 aliphatic carbocycles. The lowest BCUT2D eigenvalue weighted by Crippen LogP contribution is -2.55. The van der Waals surface area contributed by atoms with Gasteiger partial charge in [-0.3, -0.25) is 4.79 Å². The lowest BCUT2D eigenvalue weighted by Gasteiger charge is -2.39. The molecule has 0 radical (unpaired) electrons. The van der Waals surface area contributed by atoms with E-state index in [-0.39, 0.29) is 0 Å². The highest BCUT2D eigenvalue weighted by molar-refractivity contribution is 6.62. The Morgan fingerprint density at radius 2 is 2.14 bits per heavy atom. The summed E-state index contributed by atoms with van der Waals surface area (Å²) in [5.74, 6) is -0.425. The minimum atomic E-state index is -0.650. The zero-order valence-corrected chi connectivity index (χ0v) is 8.95. The van der Waals surface area contributed by atoms with Crippen LogP contribution in [0.15, 0.2) is 0 Å². The Bertz CT molecular complexity index is 247. The summed E-state index contributed by atoms with van der Waals surface area (Å²) >= 11 is 5.38. The first-order valence-corrected chi connectivity index (χ1v) is 4.73. The van der Waals surface area contributed by atoms with Gasteiger partial charge in [0.2, 0.25) is 0 Å². The Morgan fingerprint density at radius 3 is 2.64 bits per heavy atom. The molecule has 0 N–H and O–H groups in total. The average molecular weight is 221 g/mol. The van der Waals surface area contributed by atoms with Gasteiger partial charge in [0, 0.05) is 13.6 Å². The Kier molecular flexibility index (Phi) is 3.71. The van der Waals surface area contributed by atoms with Gasteiger partial charge in [-0.05, 0) is 24.4 Å². The fraction of sp³-hybridized carbons (Fsp3) is 0.750. The molecule has 0 spiro atoms. The SMILES string of the molecule is COC(=O)C1CCCN(C)N1C(=O)Cl. The number of hydrogen-bond acceptors (Lipinski definition) is 4. The van der Waals surface area contributed by atoms with Crippen molar-refractivity contribution in [1.29, 1.82) is 0 Å². The number of rotatable bonds is 1. The van der Waals surface area contributed by atoms with Crippen LogP contribution in [0, 0.1) is 0 Å². The summed E-state index contributed by atoms with van der Waals surface area (Å²) in [4.78, 5) is 22.4. The minimum absolute atomic E-state index is 0.425. The summed E-state index contributed by atoms with van der Waals surface area (Å²) in [5.41, 5.74) is 0. The molecule has 1 fully saturated rings. The first-order chi connectivity index (χ1) is 6.57. The molecule has 80 valence electrons. The van der Waals surface area contributed by atoms with Crippen molar-refractivity contribution in [2.45, 2.75) is 18.9 Å². The second-order valence-electron chi connectivity index (χ2n) is 3.16. The Balaban J connectivity index is 2.79. The maximum atomic E-state index is 11.3. The van der Waals surface area contributed by atoms with Crippen LogP contribution in [0.3, 0.4) is 0 Å². The van der Waals surface area contributed by atoms with Crippen LogP contribution >= 0.6 is 11.6 Å². The molecule has 1 atom stereocenters. The van der Waals surface area contributed by atoms with Gasteiger partial charge in [-0.1, -0.05) is 0 Å². The molecular formula is C8H13ClN2O3. The number of ether oxygens (including phenoxy) is 1. The molecular weight excluding hydrogens is 208 g/mol. The molecule has 6 heteroatoms. The van der Waals surface area contributed by atoms with E-state index in [4.69, 9.17) is 11.6 Å². The highest BCUT2D eigenvalue weighted by atomic mass is 35.5. The summed E-state index contributed by atoms with van der Waals surface area (Å²) < 4.78 is 4.60. The molecule has 0 aromatic carbocycles.